The fourth-order valence-electron chi connectivity index (χ4n) is 1.28. The first-order chi connectivity index (χ1) is 5.24. The maximum Gasteiger partial charge on any atom is 0.236 e. The monoisotopic (exact) mass is 160 g/mol. The van der Waals surface area contributed by atoms with E-state index in [0.717, 1.165) is 6.42 Å². The van der Waals surface area contributed by atoms with Crippen molar-refractivity contribution in [1.82, 2.24) is 4.90 Å². The van der Waals surface area contributed by atoms with E-state index in [1.807, 2.05) is 0 Å². The van der Waals surface area contributed by atoms with Crippen LogP contribution in [0.15, 0.2) is 0 Å². The van der Waals surface area contributed by atoms with Crippen LogP contribution in [0.2, 0.25) is 0 Å². The summed E-state index contributed by atoms with van der Waals surface area (Å²) in [6.45, 7) is 0.888. The Labute approximate surface area is 65.3 Å². The molecule has 4 heteroatoms. The zero-order valence-corrected chi connectivity index (χ0v) is 6.42. The van der Waals surface area contributed by atoms with Gasteiger partial charge in [0.15, 0.2) is 0 Å². The summed E-state index contributed by atoms with van der Waals surface area (Å²) in [6, 6.07) is 0. The topological polar surface area (TPSA) is 46.3 Å². The Balaban J connectivity index is 2.39. The summed E-state index contributed by atoms with van der Waals surface area (Å²) < 4.78 is 12.7. The molecule has 1 fully saturated rings. The van der Waals surface area contributed by atoms with Crippen molar-refractivity contribution in [2.45, 2.75) is 19.0 Å². The van der Waals surface area contributed by atoms with Crippen LogP contribution in [0.25, 0.3) is 0 Å². The van der Waals surface area contributed by atoms with Gasteiger partial charge in [-0.1, -0.05) is 0 Å². The van der Waals surface area contributed by atoms with Crippen LogP contribution in [0.1, 0.15) is 12.8 Å². The van der Waals surface area contributed by atoms with E-state index in [9.17, 15) is 9.18 Å². The van der Waals surface area contributed by atoms with E-state index in [1.165, 1.54) is 4.90 Å². The molecule has 0 aromatic carbocycles. The molecule has 11 heavy (non-hydrogen) atoms. The number of amides is 1. The number of hydrogen-bond acceptors (Lipinski definition) is 2. The van der Waals surface area contributed by atoms with Crippen LogP contribution in [0, 0.1) is 0 Å². The second-order valence-electron chi connectivity index (χ2n) is 2.78. The van der Waals surface area contributed by atoms with Crippen molar-refractivity contribution in [3.63, 3.8) is 0 Å². The molecular weight excluding hydrogens is 147 g/mol. The number of rotatable bonds is 1. The number of nitrogens with two attached hydrogens (primary N) is 1. The van der Waals surface area contributed by atoms with Crippen molar-refractivity contribution in [1.29, 1.82) is 0 Å². The Morgan fingerprint density at radius 2 is 2.45 bits per heavy atom. The van der Waals surface area contributed by atoms with Crippen molar-refractivity contribution in [2.24, 2.45) is 5.73 Å². The number of carbonyl (C=O) groups is 1. The number of halogens is 1. The molecular formula is C7H13FN2O. The van der Waals surface area contributed by atoms with Gasteiger partial charge in [0.25, 0.3) is 0 Å². The maximum absolute atomic E-state index is 12.7. The van der Waals surface area contributed by atoms with E-state index in [4.69, 9.17) is 5.73 Å². The Morgan fingerprint density at radius 1 is 1.73 bits per heavy atom. The molecule has 0 bridgehead atoms. The second-order valence-corrected chi connectivity index (χ2v) is 2.78. The number of hydrogen-bond donors (Lipinski definition) is 1. The molecule has 0 aromatic heterocycles. The van der Waals surface area contributed by atoms with Crippen LogP contribution in [-0.4, -0.2) is 36.6 Å². The second kappa shape index (κ2) is 3.67. The van der Waals surface area contributed by atoms with Crippen molar-refractivity contribution >= 4 is 5.91 Å². The smallest absolute Gasteiger partial charge is 0.236 e. The largest absolute Gasteiger partial charge is 0.339 e. The Bertz CT molecular complexity index is 151. The fraction of sp³-hybridized carbons (Fsp3) is 0.857. The Morgan fingerprint density at radius 3 is 3.00 bits per heavy atom. The zero-order valence-electron chi connectivity index (χ0n) is 6.42. The van der Waals surface area contributed by atoms with Gasteiger partial charge in [-0.15, -0.1) is 0 Å². The number of alkyl halides is 1. The first-order valence-electron chi connectivity index (χ1n) is 3.86. The summed E-state index contributed by atoms with van der Waals surface area (Å²) in [7, 11) is 0. The van der Waals surface area contributed by atoms with Gasteiger partial charge in [-0.2, -0.15) is 0 Å². The highest BCUT2D eigenvalue weighted by Gasteiger charge is 2.21. The summed E-state index contributed by atoms with van der Waals surface area (Å²) in [5, 5.41) is 0. The third-order valence-electron chi connectivity index (χ3n) is 1.89. The lowest BCUT2D eigenvalue weighted by atomic mass is 10.1. The van der Waals surface area contributed by atoms with Crippen molar-refractivity contribution < 1.29 is 9.18 Å². The lowest BCUT2D eigenvalue weighted by molar-refractivity contribution is -0.131. The Kier molecular flexibility index (Phi) is 2.82. The molecule has 3 nitrogen and oxygen atoms in total. The molecule has 1 rings (SSSR count). The third kappa shape index (κ3) is 2.15. The van der Waals surface area contributed by atoms with E-state index in [-0.39, 0.29) is 19.0 Å². The lowest BCUT2D eigenvalue weighted by Gasteiger charge is -2.28. The van der Waals surface area contributed by atoms with Gasteiger partial charge in [0.2, 0.25) is 5.91 Å². The molecule has 1 aliphatic heterocycles. The SMILES string of the molecule is NCC(=O)N1CCC[C@H](F)C1. The molecule has 1 saturated heterocycles. The molecule has 0 radical (unpaired) electrons. The highest BCUT2D eigenvalue weighted by molar-refractivity contribution is 5.78. The van der Waals surface area contributed by atoms with E-state index in [0.29, 0.717) is 13.0 Å². The summed E-state index contributed by atoms with van der Waals surface area (Å²) in [4.78, 5) is 12.4. The first kappa shape index (κ1) is 8.46. The van der Waals surface area contributed by atoms with Crippen LogP contribution >= 0.6 is 0 Å². The van der Waals surface area contributed by atoms with Crippen LogP contribution in [-0.2, 0) is 4.79 Å². The van der Waals surface area contributed by atoms with Gasteiger partial charge in [-0.3, -0.25) is 4.79 Å². The predicted molar refractivity (Wildman–Crippen MR) is 39.8 cm³/mol. The van der Waals surface area contributed by atoms with Crippen molar-refractivity contribution in [2.75, 3.05) is 19.6 Å². The van der Waals surface area contributed by atoms with E-state index >= 15 is 0 Å². The Hall–Kier alpha value is -0.640. The van der Waals surface area contributed by atoms with E-state index < -0.39 is 6.17 Å². The van der Waals surface area contributed by atoms with Crippen LogP contribution in [0.5, 0.6) is 0 Å². The van der Waals surface area contributed by atoms with E-state index in [1.54, 1.807) is 0 Å². The van der Waals surface area contributed by atoms with Gasteiger partial charge in [0, 0.05) is 6.54 Å². The molecule has 0 aromatic rings. The molecule has 64 valence electrons. The fourth-order valence-corrected chi connectivity index (χ4v) is 1.28. The van der Waals surface area contributed by atoms with Gasteiger partial charge in [0.1, 0.15) is 6.17 Å². The normalized spacial score (nSPS) is 25.3. The van der Waals surface area contributed by atoms with Gasteiger partial charge >= 0.3 is 0 Å². The van der Waals surface area contributed by atoms with Gasteiger partial charge in [-0.25, -0.2) is 4.39 Å². The quantitative estimate of drug-likeness (QED) is 0.582. The number of nitrogens with zero attached hydrogens (tertiary/aromatic N) is 1. The molecule has 0 aliphatic carbocycles. The average Bonchev–Trinajstić information content (AvgIpc) is 2.03. The van der Waals surface area contributed by atoms with Crippen LogP contribution in [0.4, 0.5) is 4.39 Å². The van der Waals surface area contributed by atoms with Crippen LogP contribution < -0.4 is 5.73 Å². The highest BCUT2D eigenvalue weighted by atomic mass is 19.1. The molecule has 2 N–H and O–H groups in total. The first-order valence-corrected chi connectivity index (χ1v) is 3.86. The zero-order chi connectivity index (χ0) is 8.27. The minimum absolute atomic E-state index is 0.00722. The molecule has 1 aliphatic rings. The molecule has 1 heterocycles. The summed E-state index contributed by atoms with van der Waals surface area (Å²) in [5.41, 5.74) is 5.13. The van der Waals surface area contributed by atoms with Gasteiger partial charge < -0.3 is 10.6 Å². The summed E-state index contributed by atoms with van der Waals surface area (Å²) in [6.07, 6.45) is 0.487. The predicted octanol–water partition coefficient (Wildman–Crippen LogP) is -0.0944. The highest BCUT2D eigenvalue weighted by Crippen LogP contribution is 2.12. The van der Waals surface area contributed by atoms with Crippen LogP contribution in [0.3, 0.4) is 0 Å². The third-order valence-corrected chi connectivity index (χ3v) is 1.89. The average molecular weight is 160 g/mol. The molecule has 0 spiro atoms. The maximum atomic E-state index is 12.7. The molecule has 1 amide bonds. The van der Waals surface area contributed by atoms with Crippen molar-refractivity contribution in [3.05, 3.63) is 0 Å². The molecule has 1 atom stereocenters. The number of piperidine rings is 1. The van der Waals surface area contributed by atoms with Gasteiger partial charge in [-0.05, 0) is 12.8 Å². The standard InChI is InChI=1S/C7H13FN2O/c8-6-2-1-3-10(5-6)7(11)4-9/h6H,1-5,9H2/t6-/m0/s1. The lowest BCUT2D eigenvalue weighted by Crippen LogP contribution is -2.43. The number of carbonyl (C=O) groups excluding carboxylic acids is 1. The van der Waals surface area contributed by atoms with Gasteiger partial charge in [0.05, 0.1) is 13.1 Å². The van der Waals surface area contributed by atoms with E-state index in [2.05, 4.69) is 0 Å². The number of likely N-dealkylation sites (tertiary alicyclic amines) is 1. The molecule has 0 saturated carbocycles. The summed E-state index contributed by atoms with van der Waals surface area (Å²) >= 11 is 0. The molecule has 0 unspecified atom stereocenters. The van der Waals surface area contributed by atoms with Crippen molar-refractivity contribution in [3.8, 4) is 0 Å². The minimum atomic E-state index is -0.848. The minimum Gasteiger partial charge on any atom is -0.339 e. The summed E-state index contributed by atoms with van der Waals surface area (Å²) in [5.74, 6) is -0.146.